The first kappa shape index (κ1) is 12.8. The third-order valence-electron chi connectivity index (χ3n) is 3.10. The Morgan fingerprint density at radius 2 is 2.40 bits per heavy atom. The molecule has 88 valence electrons. The van der Waals surface area contributed by atoms with Crippen LogP contribution in [0.1, 0.15) is 26.7 Å². The van der Waals surface area contributed by atoms with Crippen molar-refractivity contribution in [2.45, 2.75) is 31.9 Å². The summed E-state index contributed by atoms with van der Waals surface area (Å²) in [7, 11) is 0. The van der Waals surface area contributed by atoms with Gasteiger partial charge >= 0.3 is 0 Å². The molecule has 0 aliphatic carbocycles. The van der Waals surface area contributed by atoms with Crippen molar-refractivity contribution in [3.05, 3.63) is 0 Å². The monoisotopic (exact) mass is 230 g/mol. The third kappa shape index (κ3) is 3.68. The number of hydrogen-bond acceptors (Lipinski definition) is 3. The van der Waals surface area contributed by atoms with Gasteiger partial charge in [-0.25, -0.2) is 0 Å². The Hall–Kier alpha value is -0.220. The number of carbonyl (C=O) groups excluding carboxylic acids is 1. The third-order valence-corrected chi connectivity index (χ3v) is 4.07. The zero-order valence-corrected chi connectivity index (χ0v) is 10.7. The van der Waals surface area contributed by atoms with E-state index in [-0.39, 0.29) is 11.3 Å². The van der Waals surface area contributed by atoms with Crippen LogP contribution in [0.2, 0.25) is 0 Å². The molecule has 2 N–H and O–H groups in total. The van der Waals surface area contributed by atoms with Gasteiger partial charge in [0.05, 0.1) is 5.41 Å². The molecule has 1 fully saturated rings. The van der Waals surface area contributed by atoms with E-state index in [9.17, 15) is 4.79 Å². The second-order valence-corrected chi connectivity index (χ2v) is 5.87. The summed E-state index contributed by atoms with van der Waals surface area (Å²) in [6, 6.07) is 0. The van der Waals surface area contributed by atoms with E-state index in [2.05, 4.69) is 30.7 Å². The predicted octanol–water partition coefficient (Wildman–Crippen LogP) is 1.24. The summed E-state index contributed by atoms with van der Waals surface area (Å²) in [5.74, 6) is 0.204. The molecule has 15 heavy (non-hydrogen) atoms. The Kier molecular flexibility index (Phi) is 4.93. The Labute approximate surface area is 96.8 Å². The van der Waals surface area contributed by atoms with Gasteiger partial charge in [0.15, 0.2) is 0 Å². The first-order chi connectivity index (χ1) is 7.08. The summed E-state index contributed by atoms with van der Waals surface area (Å²) in [5, 5.41) is 6.83. The van der Waals surface area contributed by atoms with Gasteiger partial charge in [0.2, 0.25) is 5.91 Å². The van der Waals surface area contributed by atoms with Gasteiger partial charge in [-0.2, -0.15) is 11.8 Å². The Bertz CT molecular complexity index is 215. The smallest absolute Gasteiger partial charge is 0.227 e. The molecule has 1 rings (SSSR count). The van der Waals surface area contributed by atoms with E-state index in [0.717, 1.165) is 32.5 Å². The van der Waals surface area contributed by atoms with Crippen molar-refractivity contribution in [3.63, 3.8) is 0 Å². The Morgan fingerprint density at radius 1 is 1.67 bits per heavy atom. The molecule has 2 unspecified atom stereocenters. The molecule has 0 bridgehead atoms. The van der Waals surface area contributed by atoms with Gasteiger partial charge in [-0.1, -0.05) is 6.92 Å². The lowest BCUT2D eigenvalue weighted by Gasteiger charge is -2.32. The molecule has 0 aromatic heterocycles. The first-order valence-corrected chi connectivity index (χ1v) is 6.89. The highest BCUT2D eigenvalue weighted by Gasteiger charge is 2.34. The summed E-state index contributed by atoms with van der Waals surface area (Å²) in [4.78, 5) is 12.0. The topological polar surface area (TPSA) is 41.1 Å². The van der Waals surface area contributed by atoms with Gasteiger partial charge < -0.3 is 10.6 Å². The molecule has 0 saturated carbocycles. The molecule has 3 nitrogen and oxygen atoms in total. The van der Waals surface area contributed by atoms with Crippen molar-refractivity contribution < 1.29 is 4.79 Å². The summed E-state index contributed by atoms with van der Waals surface area (Å²) in [6.45, 7) is 6.82. The molecule has 1 heterocycles. The largest absolute Gasteiger partial charge is 0.354 e. The molecular weight excluding hydrogens is 208 g/mol. The van der Waals surface area contributed by atoms with E-state index in [1.807, 2.05) is 0 Å². The lowest BCUT2D eigenvalue weighted by Crippen LogP contribution is -2.49. The van der Waals surface area contributed by atoms with Crippen molar-refractivity contribution in [1.82, 2.24) is 10.6 Å². The zero-order valence-electron chi connectivity index (χ0n) is 9.93. The van der Waals surface area contributed by atoms with Crippen LogP contribution in [0, 0.1) is 5.41 Å². The highest BCUT2D eigenvalue weighted by atomic mass is 32.2. The predicted molar refractivity (Wildman–Crippen MR) is 66.2 cm³/mol. The van der Waals surface area contributed by atoms with Crippen LogP contribution in [-0.2, 0) is 4.79 Å². The SMILES string of the molecule is CSC(C)CNC(=O)C1(C)CCCNC1. The van der Waals surface area contributed by atoms with Crippen LogP contribution in [0.3, 0.4) is 0 Å². The number of thioether (sulfide) groups is 1. The van der Waals surface area contributed by atoms with Gasteiger partial charge in [-0.05, 0) is 32.6 Å². The molecule has 0 spiro atoms. The average molecular weight is 230 g/mol. The maximum absolute atomic E-state index is 12.0. The molecule has 1 aliphatic rings. The van der Waals surface area contributed by atoms with Crippen molar-refractivity contribution in [1.29, 1.82) is 0 Å². The molecular formula is C11H22N2OS. The van der Waals surface area contributed by atoms with Crippen molar-refractivity contribution in [2.75, 3.05) is 25.9 Å². The van der Waals surface area contributed by atoms with Crippen LogP contribution in [-0.4, -0.2) is 37.0 Å². The standard InChI is InChI=1S/C11H22N2OS/c1-9(15-3)7-13-10(14)11(2)5-4-6-12-8-11/h9,12H,4-8H2,1-3H3,(H,13,14). The maximum atomic E-state index is 12.0. The highest BCUT2D eigenvalue weighted by molar-refractivity contribution is 7.99. The van der Waals surface area contributed by atoms with Crippen LogP contribution in [0.4, 0.5) is 0 Å². The molecule has 1 amide bonds. The van der Waals surface area contributed by atoms with Crippen LogP contribution < -0.4 is 10.6 Å². The van der Waals surface area contributed by atoms with Crippen LogP contribution in [0.5, 0.6) is 0 Å². The average Bonchev–Trinajstić information content (AvgIpc) is 2.26. The van der Waals surface area contributed by atoms with Crippen molar-refractivity contribution in [3.8, 4) is 0 Å². The molecule has 2 atom stereocenters. The fourth-order valence-corrected chi connectivity index (χ4v) is 2.03. The normalized spacial score (nSPS) is 28.5. The van der Waals surface area contributed by atoms with Gasteiger partial charge in [0, 0.05) is 18.3 Å². The van der Waals surface area contributed by atoms with E-state index >= 15 is 0 Å². The summed E-state index contributed by atoms with van der Waals surface area (Å²) in [6.07, 6.45) is 4.17. The first-order valence-electron chi connectivity index (χ1n) is 5.60. The Balaban J connectivity index is 2.37. The van der Waals surface area contributed by atoms with Crippen LogP contribution in [0.15, 0.2) is 0 Å². The highest BCUT2D eigenvalue weighted by Crippen LogP contribution is 2.25. The Morgan fingerprint density at radius 3 is 2.93 bits per heavy atom. The molecule has 0 aromatic rings. The number of carbonyl (C=O) groups is 1. The van der Waals surface area contributed by atoms with Gasteiger partial charge in [0.1, 0.15) is 0 Å². The molecule has 0 radical (unpaired) electrons. The summed E-state index contributed by atoms with van der Waals surface area (Å²) < 4.78 is 0. The van der Waals surface area contributed by atoms with E-state index in [4.69, 9.17) is 0 Å². The number of piperidine rings is 1. The molecule has 1 aliphatic heterocycles. The van der Waals surface area contributed by atoms with Gasteiger partial charge in [-0.3, -0.25) is 4.79 Å². The molecule has 0 aromatic carbocycles. The van der Waals surface area contributed by atoms with E-state index in [1.165, 1.54) is 0 Å². The zero-order chi connectivity index (χ0) is 11.3. The van der Waals surface area contributed by atoms with Crippen molar-refractivity contribution in [2.24, 2.45) is 5.41 Å². The quantitative estimate of drug-likeness (QED) is 0.763. The van der Waals surface area contributed by atoms with E-state index in [0.29, 0.717) is 5.25 Å². The fraction of sp³-hybridized carbons (Fsp3) is 0.909. The van der Waals surface area contributed by atoms with E-state index in [1.54, 1.807) is 11.8 Å². The molecule has 1 saturated heterocycles. The van der Waals surface area contributed by atoms with Gasteiger partial charge in [0.25, 0.3) is 0 Å². The second kappa shape index (κ2) is 5.75. The maximum Gasteiger partial charge on any atom is 0.227 e. The minimum atomic E-state index is -0.198. The number of rotatable bonds is 4. The number of nitrogens with one attached hydrogen (secondary N) is 2. The minimum absolute atomic E-state index is 0.198. The minimum Gasteiger partial charge on any atom is -0.354 e. The number of amides is 1. The lowest BCUT2D eigenvalue weighted by molar-refractivity contribution is -0.131. The lowest BCUT2D eigenvalue weighted by atomic mass is 9.82. The summed E-state index contributed by atoms with van der Waals surface area (Å²) >= 11 is 1.78. The fourth-order valence-electron chi connectivity index (χ4n) is 1.78. The van der Waals surface area contributed by atoms with E-state index < -0.39 is 0 Å². The number of hydrogen-bond donors (Lipinski definition) is 2. The van der Waals surface area contributed by atoms with Gasteiger partial charge in [-0.15, -0.1) is 0 Å². The second-order valence-electron chi connectivity index (χ2n) is 4.60. The summed E-state index contributed by atoms with van der Waals surface area (Å²) in [5.41, 5.74) is -0.198. The molecule has 4 heteroatoms. The van der Waals surface area contributed by atoms with Crippen LogP contribution in [0.25, 0.3) is 0 Å². The van der Waals surface area contributed by atoms with Crippen LogP contribution >= 0.6 is 11.8 Å². The van der Waals surface area contributed by atoms with Crippen molar-refractivity contribution >= 4 is 17.7 Å².